The molecule has 0 saturated carbocycles. The molecule has 0 spiro atoms. The number of nitrogens with zero attached hydrogens (tertiary/aromatic N) is 2. The Kier molecular flexibility index (Phi) is 6.19. The monoisotopic (exact) mass is 373 g/mol. The van der Waals surface area contributed by atoms with E-state index in [2.05, 4.69) is 10.4 Å². The Balaban J connectivity index is 2.25. The van der Waals surface area contributed by atoms with Crippen LogP contribution in [0.1, 0.15) is 18.4 Å². The molecule has 0 aliphatic carbocycles. The summed E-state index contributed by atoms with van der Waals surface area (Å²) in [6.45, 7) is 0.330. The second-order valence-electron chi connectivity index (χ2n) is 5.47. The lowest BCUT2D eigenvalue weighted by Crippen LogP contribution is -2.34. The number of alkyl halides is 3. The molecular formula is C16H18F3N3O4. The van der Waals surface area contributed by atoms with Gasteiger partial charge in [-0.25, -0.2) is 5.01 Å². The van der Waals surface area contributed by atoms with Crippen LogP contribution in [0.25, 0.3) is 0 Å². The summed E-state index contributed by atoms with van der Waals surface area (Å²) in [6, 6.07) is 2.78. The van der Waals surface area contributed by atoms with Crippen molar-refractivity contribution in [1.82, 2.24) is 5.01 Å². The van der Waals surface area contributed by atoms with E-state index in [0.717, 1.165) is 23.2 Å². The summed E-state index contributed by atoms with van der Waals surface area (Å²) >= 11 is 0. The van der Waals surface area contributed by atoms with Gasteiger partial charge in [-0.3, -0.25) is 9.59 Å². The number of methoxy groups -OCH3 is 1. The van der Waals surface area contributed by atoms with Crippen LogP contribution in [0.2, 0.25) is 0 Å². The van der Waals surface area contributed by atoms with Crippen LogP contribution in [0.15, 0.2) is 23.3 Å². The van der Waals surface area contributed by atoms with E-state index < -0.39 is 17.6 Å². The highest BCUT2D eigenvalue weighted by Crippen LogP contribution is 2.35. The molecule has 1 aromatic rings. The molecule has 0 atom stereocenters. The molecule has 10 heteroatoms. The van der Waals surface area contributed by atoms with E-state index in [1.54, 1.807) is 0 Å². The first-order valence-electron chi connectivity index (χ1n) is 7.70. The molecule has 2 rings (SSSR count). The van der Waals surface area contributed by atoms with Crippen LogP contribution in [0.4, 0.5) is 18.9 Å². The zero-order chi connectivity index (χ0) is 19.3. The molecule has 0 unspecified atom stereocenters. The zero-order valence-electron chi connectivity index (χ0n) is 14.2. The largest absolute Gasteiger partial charge is 0.489 e. The number of hydrogen-bond acceptors (Lipinski definition) is 5. The lowest BCUT2D eigenvalue weighted by molar-refractivity contribution is -0.137. The molecule has 142 valence electrons. The Morgan fingerprint density at radius 2 is 2.04 bits per heavy atom. The van der Waals surface area contributed by atoms with Gasteiger partial charge >= 0.3 is 6.18 Å². The van der Waals surface area contributed by atoms with Crippen molar-refractivity contribution in [3.8, 4) is 5.75 Å². The molecular weight excluding hydrogens is 355 g/mol. The molecule has 1 heterocycles. The molecule has 0 saturated heterocycles. The number of hydrazone groups is 1. The van der Waals surface area contributed by atoms with Crippen LogP contribution < -0.4 is 10.1 Å². The smallest absolute Gasteiger partial charge is 0.416 e. The third-order valence-corrected chi connectivity index (χ3v) is 3.57. The fourth-order valence-electron chi connectivity index (χ4n) is 2.19. The van der Waals surface area contributed by atoms with Crippen molar-refractivity contribution >= 4 is 23.2 Å². The minimum atomic E-state index is -4.57. The van der Waals surface area contributed by atoms with Crippen LogP contribution in [0, 0.1) is 0 Å². The van der Waals surface area contributed by atoms with E-state index in [4.69, 9.17) is 9.47 Å². The first kappa shape index (κ1) is 19.7. The Bertz CT molecular complexity index is 719. The fraction of sp³-hybridized carbons (Fsp3) is 0.438. The normalized spacial score (nSPS) is 14.9. The summed E-state index contributed by atoms with van der Waals surface area (Å²) < 4.78 is 49.0. The Morgan fingerprint density at radius 3 is 2.65 bits per heavy atom. The molecule has 0 aromatic heterocycles. The van der Waals surface area contributed by atoms with Crippen LogP contribution in [-0.4, -0.2) is 49.9 Å². The molecule has 2 amide bonds. The summed E-state index contributed by atoms with van der Waals surface area (Å²) in [5.74, 6) is -0.867. The maximum Gasteiger partial charge on any atom is 0.416 e. The van der Waals surface area contributed by atoms with Gasteiger partial charge in [0, 0.05) is 27.0 Å². The number of anilines is 1. The third kappa shape index (κ3) is 4.94. The van der Waals surface area contributed by atoms with E-state index >= 15 is 0 Å². The first-order valence-corrected chi connectivity index (χ1v) is 7.70. The summed E-state index contributed by atoms with van der Waals surface area (Å²) in [7, 11) is 2.86. The van der Waals surface area contributed by atoms with E-state index in [9.17, 15) is 22.8 Å². The second kappa shape index (κ2) is 8.17. The van der Waals surface area contributed by atoms with Gasteiger partial charge in [0.15, 0.2) is 0 Å². The van der Waals surface area contributed by atoms with Crippen LogP contribution >= 0.6 is 0 Å². The van der Waals surface area contributed by atoms with Crippen molar-refractivity contribution in [2.45, 2.75) is 19.0 Å². The van der Waals surface area contributed by atoms with Crippen molar-refractivity contribution in [3.05, 3.63) is 23.8 Å². The standard InChI is InChI=1S/C16H18F3N3O4/c1-22-14(23)6-4-11(21-22)15(24)20-12-9-10(16(17,18)19)3-5-13(12)26-8-7-25-2/h3,5,9H,4,6-8H2,1-2H3,(H,20,24). The van der Waals surface area contributed by atoms with Gasteiger partial charge in [0.1, 0.15) is 18.1 Å². The summed E-state index contributed by atoms with van der Waals surface area (Å²) in [4.78, 5) is 23.7. The molecule has 1 aromatic carbocycles. The van der Waals surface area contributed by atoms with Gasteiger partial charge in [-0.05, 0) is 18.2 Å². The van der Waals surface area contributed by atoms with Gasteiger partial charge in [0.25, 0.3) is 5.91 Å². The van der Waals surface area contributed by atoms with Crippen LogP contribution in [-0.2, 0) is 20.5 Å². The molecule has 0 bridgehead atoms. The number of benzene rings is 1. The average molecular weight is 373 g/mol. The summed E-state index contributed by atoms with van der Waals surface area (Å²) in [5, 5.41) is 7.25. The molecule has 1 aliphatic rings. The summed E-state index contributed by atoms with van der Waals surface area (Å²) in [6.07, 6.45) is -4.37. The molecule has 7 nitrogen and oxygen atoms in total. The van der Waals surface area contributed by atoms with Crippen molar-refractivity contribution in [3.63, 3.8) is 0 Å². The molecule has 1 aliphatic heterocycles. The van der Waals surface area contributed by atoms with Gasteiger partial charge in [0.2, 0.25) is 5.91 Å². The number of halogens is 3. The molecule has 0 radical (unpaired) electrons. The highest BCUT2D eigenvalue weighted by atomic mass is 19.4. The molecule has 0 fully saturated rings. The minimum Gasteiger partial charge on any atom is -0.489 e. The predicted molar refractivity (Wildman–Crippen MR) is 86.9 cm³/mol. The fourth-order valence-corrected chi connectivity index (χ4v) is 2.19. The first-order chi connectivity index (χ1) is 12.2. The van der Waals surface area contributed by atoms with Gasteiger partial charge in [0.05, 0.1) is 17.9 Å². The highest BCUT2D eigenvalue weighted by molar-refractivity contribution is 6.43. The zero-order valence-corrected chi connectivity index (χ0v) is 14.2. The summed E-state index contributed by atoms with van der Waals surface area (Å²) in [5.41, 5.74) is -1.01. The number of rotatable bonds is 6. The Morgan fingerprint density at radius 1 is 1.31 bits per heavy atom. The van der Waals surface area contributed by atoms with E-state index in [1.807, 2.05) is 0 Å². The SMILES string of the molecule is COCCOc1ccc(C(F)(F)F)cc1NC(=O)C1=NN(C)C(=O)CC1. The third-order valence-electron chi connectivity index (χ3n) is 3.57. The number of ether oxygens (including phenoxy) is 2. The van der Waals surface area contributed by atoms with Gasteiger partial charge < -0.3 is 14.8 Å². The molecule has 1 N–H and O–H groups in total. The highest BCUT2D eigenvalue weighted by Gasteiger charge is 2.32. The average Bonchev–Trinajstić information content (AvgIpc) is 2.57. The number of nitrogens with one attached hydrogen (secondary N) is 1. The Labute approximate surface area is 147 Å². The number of carbonyl (C=O) groups is 2. The number of amides is 2. The van der Waals surface area contributed by atoms with Crippen molar-refractivity contribution in [1.29, 1.82) is 0 Å². The predicted octanol–water partition coefficient (Wildman–Crippen LogP) is 2.28. The minimum absolute atomic E-state index is 0.0485. The quantitative estimate of drug-likeness (QED) is 0.776. The van der Waals surface area contributed by atoms with Crippen molar-refractivity contribution in [2.75, 3.05) is 32.7 Å². The van der Waals surface area contributed by atoms with Gasteiger partial charge in [-0.2, -0.15) is 18.3 Å². The Hall–Kier alpha value is -2.62. The number of carbonyl (C=O) groups excluding carboxylic acids is 2. The van der Waals surface area contributed by atoms with Crippen molar-refractivity contribution < 1.29 is 32.2 Å². The lowest BCUT2D eigenvalue weighted by Gasteiger charge is -2.20. The van der Waals surface area contributed by atoms with Crippen LogP contribution in [0.3, 0.4) is 0 Å². The van der Waals surface area contributed by atoms with E-state index in [-0.39, 0.29) is 49.1 Å². The van der Waals surface area contributed by atoms with Gasteiger partial charge in [-0.15, -0.1) is 0 Å². The maximum absolute atomic E-state index is 13.0. The lowest BCUT2D eigenvalue weighted by atomic mass is 10.1. The second-order valence-corrected chi connectivity index (χ2v) is 5.47. The maximum atomic E-state index is 13.0. The van der Waals surface area contributed by atoms with Crippen molar-refractivity contribution in [2.24, 2.45) is 5.10 Å². The molecule has 26 heavy (non-hydrogen) atoms. The van der Waals surface area contributed by atoms with E-state index in [1.165, 1.54) is 14.2 Å². The topological polar surface area (TPSA) is 80.2 Å². The van der Waals surface area contributed by atoms with Crippen LogP contribution in [0.5, 0.6) is 5.75 Å². The number of hydrogen-bond donors (Lipinski definition) is 1. The van der Waals surface area contributed by atoms with E-state index in [0.29, 0.717) is 0 Å². The van der Waals surface area contributed by atoms with Gasteiger partial charge in [-0.1, -0.05) is 0 Å².